The molecule has 6 heteroatoms. The summed E-state index contributed by atoms with van der Waals surface area (Å²) in [6.45, 7) is 1.89. The van der Waals surface area contributed by atoms with Crippen molar-refractivity contribution in [1.82, 2.24) is 10.2 Å². The van der Waals surface area contributed by atoms with Crippen molar-refractivity contribution in [3.8, 4) is 0 Å². The minimum absolute atomic E-state index is 0.0547. The first-order valence-electron chi connectivity index (χ1n) is 9.37. The van der Waals surface area contributed by atoms with Gasteiger partial charge in [-0.15, -0.1) is 0 Å². The van der Waals surface area contributed by atoms with Gasteiger partial charge >= 0.3 is 12.0 Å². The first kappa shape index (κ1) is 17.2. The number of carbonyl (C=O) groups is 3. The summed E-state index contributed by atoms with van der Waals surface area (Å²) in [6, 6.07) is -0.449. The molecule has 0 aromatic heterocycles. The second-order valence-corrected chi connectivity index (χ2v) is 7.51. The number of urea groups is 1. The van der Waals surface area contributed by atoms with Gasteiger partial charge in [0.1, 0.15) is 18.2 Å². The summed E-state index contributed by atoms with van der Waals surface area (Å²) >= 11 is 0. The van der Waals surface area contributed by atoms with Gasteiger partial charge in [-0.3, -0.25) is 14.5 Å². The number of hydrogen-bond donors (Lipinski definition) is 1. The van der Waals surface area contributed by atoms with Gasteiger partial charge < -0.3 is 10.1 Å². The number of carbonyl (C=O) groups excluding carboxylic acids is 3. The van der Waals surface area contributed by atoms with Gasteiger partial charge in [-0.2, -0.15) is 0 Å². The number of nitrogens with one attached hydrogen (secondary N) is 1. The molecule has 3 amide bonds. The zero-order valence-corrected chi connectivity index (χ0v) is 14.5. The van der Waals surface area contributed by atoms with Crippen LogP contribution in [0.4, 0.5) is 4.79 Å². The molecule has 2 saturated carbocycles. The Bertz CT molecular complexity index is 505. The molecule has 1 N–H and O–H groups in total. The summed E-state index contributed by atoms with van der Waals surface area (Å²) < 4.78 is 5.45. The van der Waals surface area contributed by atoms with Crippen LogP contribution in [0, 0.1) is 5.92 Å². The molecule has 3 fully saturated rings. The number of imide groups is 1. The summed E-state index contributed by atoms with van der Waals surface area (Å²) in [5.41, 5.74) is -0.784. The molecule has 0 unspecified atom stereocenters. The zero-order valence-electron chi connectivity index (χ0n) is 14.5. The lowest BCUT2D eigenvalue weighted by atomic mass is 9.75. The van der Waals surface area contributed by atoms with Crippen LogP contribution in [0.1, 0.15) is 71.1 Å². The van der Waals surface area contributed by atoms with Crippen LogP contribution in [0.25, 0.3) is 0 Å². The van der Waals surface area contributed by atoms with Crippen molar-refractivity contribution in [2.75, 3.05) is 6.54 Å². The van der Waals surface area contributed by atoms with E-state index in [4.69, 9.17) is 4.74 Å². The van der Waals surface area contributed by atoms with E-state index in [9.17, 15) is 14.4 Å². The van der Waals surface area contributed by atoms with Crippen molar-refractivity contribution in [1.29, 1.82) is 0 Å². The second-order valence-electron chi connectivity index (χ2n) is 7.51. The first-order valence-corrected chi connectivity index (χ1v) is 9.37. The molecular weight excluding hydrogens is 308 g/mol. The Kier molecular flexibility index (Phi) is 5.11. The highest BCUT2D eigenvalue weighted by Crippen LogP contribution is 2.37. The van der Waals surface area contributed by atoms with Crippen molar-refractivity contribution < 1.29 is 19.1 Å². The van der Waals surface area contributed by atoms with E-state index < -0.39 is 17.5 Å². The van der Waals surface area contributed by atoms with Crippen molar-refractivity contribution >= 4 is 17.9 Å². The van der Waals surface area contributed by atoms with Crippen LogP contribution in [0.2, 0.25) is 0 Å². The molecule has 1 spiro atoms. The number of nitrogens with zero attached hydrogens (tertiary/aromatic N) is 1. The highest BCUT2D eigenvalue weighted by Gasteiger charge is 2.52. The number of rotatable bonds is 4. The number of ether oxygens (including phenoxy) is 1. The molecule has 1 heterocycles. The number of hydrogen-bond acceptors (Lipinski definition) is 4. The third-order valence-corrected chi connectivity index (χ3v) is 5.92. The van der Waals surface area contributed by atoms with Gasteiger partial charge in [0, 0.05) is 0 Å². The monoisotopic (exact) mass is 336 g/mol. The topological polar surface area (TPSA) is 75.7 Å². The SMILES string of the molecule is CCC1CCC2(CC1)NC(=O)N(CC(=O)OC1CCCCC1)C2=O. The molecule has 0 bridgehead atoms. The molecule has 0 radical (unpaired) electrons. The number of esters is 1. The van der Waals surface area contributed by atoms with Crippen LogP contribution >= 0.6 is 0 Å². The molecule has 0 aromatic rings. The van der Waals surface area contributed by atoms with E-state index in [1.807, 2.05) is 0 Å². The van der Waals surface area contributed by atoms with E-state index in [2.05, 4.69) is 12.2 Å². The predicted octanol–water partition coefficient (Wildman–Crippen LogP) is 2.75. The fourth-order valence-electron chi connectivity index (χ4n) is 4.27. The highest BCUT2D eigenvalue weighted by atomic mass is 16.5. The Labute approximate surface area is 143 Å². The molecule has 0 aromatic carbocycles. The molecule has 3 rings (SSSR count). The molecular formula is C18H28N2O4. The maximum absolute atomic E-state index is 12.8. The van der Waals surface area contributed by atoms with Gasteiger partial charge in [0.05, 0.1) is 0 Å². The number of amides is 3. The first-order chi connectivity index (χ1) is 11.5. The second kappa shape index (κ2) is 7.11. The Morgan fingerprint density at radius 3 is 2.46 bits per heavy atom. The van der Waals surface area contributed by atoms with E-state index in [1.165, 1.54) is 6.42 Å². The maximum atomic E-state index is 12.8. The molecule has 6 nitrogen and oxygen atoms in total. The molecule has 3 aliphatic rings. The molecule has 1 aliphatic heterocycles. The maximum Gasteiger partial charge on any atom is 0.326 e. The quantitative estimate of drug-likeness (QED) is 0.633. The molecule has 1 saturated heterocycles. The lowest BCUT2D eigenvalue weighted by Crippen LogP contribution is -2.49. The summed E-state index contributed by atoms with van der Waals surface area (Å²) in [5.74, 6) is -0.0852. The molecule has 2 aliphatic carbocycles. The highest BCUT2D eigenvalue weighted by molar-refractivity contribution is 6.08. The Morgan fingerprint density at radius 2 is 1.83 bits per heavy atom. The van der Waals surface area contributed by atoms with Crippen LogP contribution in [0.15, 0.2) is 0 Å². The van der Waals surface area contributed by atoms with Crippen molar-refractivity contribution in [2.45, 2.75) is 82.8 Å². The van der Waals surface area contributed by atoms with Gasteiger partial charge in [-0.1, -0.05) is 19.8 Å². The minimum atomic E-state index is -0.784. The molecule has 24 heavy (non-hydrogen) atoms. The predicted molar refractivity (Wildman–Crippen MR) is 88.2 cm³/mol. The van der Waals surface area contributed by atoms with E-state index in [1.54, 1.807) is 0 Å². The standard InChI is InChI=1S/C18H28N2O4/c1-2-13-8-10-18(11-9-13)16(22)20(17(23)19-18)12-15(21)24-14-6-4-3-5-7-14/h13-14H,2-12H2,1H3,(H,19,23). The normalized spacial score (nSPS) is 31.4. The largest absolute Gasteiger partial charge is 0.461 e. The van der Waals surface area contributed by atoms with E-state index in [0.717, 1.165) is 49.8 Å². The van der Waals surface area contributed by atoms with Gasteiger partial charge in [0.2, 0.25) is 0 Å². The van der Waals surface area contributed by atoms with Crippen LogP contribution in [-0.2, 0) is 14.3 Å². The van der Waals surface area contributed by atoms with Crippen LogP contribution in [0.5, 0.6) is 0 Å². The van der Waals surface area contributed by atoms with E-state index in [0.29, 0.717) is 18.8 Å². The van der Waals surface area contributed by atoms with Crippen LogP contribution < -0.4 is 5.32 Å². The van der Waals surface area contributed by atoms with Crippen LogP contribution in [-0.4, -0.2) is 41.0 Å². The van der Waals surface area contributed by atoms with Gasteiger partial charge in [0.15, 0.2) is 0 Å². The average Bonchev–Trinajstić information content (AvgIpc) is 2.81. The van der Waals surface area contributed by atoms with Gasteiger partial charge in [0.25, 0.3) is 5.91 Å². The summed E-state index contributed by atoms with van der Waals surface area (Å²) in [6.07, 6.45) is 9.38. The Hall–Kier alpha value is -1.59. The van der Waals surface area contributed by atoms with Crippen LogP contribution in [0.3, 0.4) is 0 Å². The Morgan fingerprint density at radius 1 is 1.17 bits per heavy atom. The fraction of sp³-hybridized carbons (Fsp3) is 0.833. The third kappa shape index (κ3) is 3.42. The van der Waals surface area contributed by atoms with Gasteiger partial charge in [-0.05, 0) is 57.3 Å². The average molecular weight is 336 g/mol. The van der Waals surface area contributed by atoms with E-state index >= 15 is 0 Å². The fourth-order valence-corrected chi connectivity index (χ4v) is 4.27. The van der Waals surface area contributed by atoms with Crippen molar-refractivity contribution in [3.05, 3.63) is 0 Å². The summed E-state index contributed by atoms with van der Waals surface area (Å²) in [7, 11) is 0. The lowest BCUT2D eigenvalue weighted by Gasteiger charge is -2.34. The molecule has 0 atom stereocenters. The van der Waals surface area contributed by atoms with Crippen molar-refractivity contribution in [3.63, 3.8) is 0 Å². The lowest BCUT2D eigenvalue weighted by molar-refractivity contribution is -0.153. The van der Waals surface area contributed by atoms with Crippen molar-refractivity contribution in [2.24, 2.45) is 5.92 Å². The zero-order chi connectivity index (χ0) is 17.2. The minimum Gasteiger partial charge on any atom is -0.461 e. The van der Waals surface area contributed by atoms with Gasteiger partial charge in [-0.25, -0.2) is 4.79 Å². The summed E-state index contributed by atoms with van der Waals surface area (Å²) in [5, 5.41) is 2.85. The summed E-state index contributed by atoms with van der Waals surface area (Å²) in [4.78, 5) is 38.2. The Balaban J connectivity index is 1.57. The molecule has 134 valence electrons. The third-order valence-electron chi connectivity index (χ3n) is 5.92. The smallest absolute Gasteiger partial charge is 0.326 e. The van der Waals surface area contributed by atoms with E-state index in [-0.39, 0.29) is 18.6 Å².